The summed E-state index contributed by atoms with van der Waals surface area (Å²) in [6.45, 7) is 1.74. The quantitative estimate of drug-likeness (QED) is 0.215. The maximum Gasteiger partial charge on any atom is 0.191 e. The zero-order valence-corrected chi connectivity index (χ0v) is 23.0. The molecule has 4 rings (SSSR count). The third kappa shape index (κ3) is 5.80. The molecule has 0 fully saturated rings. The molecule has 10 heteroatoms. The van der Waals surface area contributed by atoms with Gasteiger partial charge < -0.3 is 29.6 Å². The van der Waals surface area contributed by atoms with Gasteiger partial charge in [0.15, 0.2) is 5.78 Å². The average molecular weight is 557 g/mol. The molecule has 8 nitrogen and oxygen atoms in total. The SMILES string of the molecule is COc1cc(NC(C(=O)c2c[nH]c3cc(OC)c(C)cc23)c2ccc(Cl)cc2OCCO)cc(S(C)=O)c1. The summed E-state index contributed by atoms with van der Waals surface area (Å²) in [7, 11) is 1.84. The van der Waals surface area contributed by atoms with Gasteiger partial charge in [0.05, 0.1) is 20.8 Å². The van der Waals surface area contributed by atoms with Crippen molar-refractivity contribution in [1.82, 2.24) is 4.98 Å². The number of H-pyrrole nitrogens is 1. The number of aliphatic hydroxyl groups excluding tert-OH is 1. The molecule has 0 amide bonds. The molecule has 0 bridgehead atoms. The molecule has 0 spiro atoms. The number of anilines is 1. The van der Waals surface area contributed by atoms with Crippen molar-refractivity contribution in [3.8, 4) is 17.2 Å². The van der Waals surface area contributed by atoms with Crippen molar-refractivity contribution in [3.05, 3.63) is 76.4 Å². The second kappa shape index (κ2) is 11.9. The number of aliphatic hydroxyl groups is 1. The Bertz CT molecular complexity index is 1500. The molecule has 0 saturated heterocycles. The highest BCUT2D eigenvalue weighted by Crippen LogP contribution is 2.36. The Morgan fingerprint density at radius 1 is 1.11 bits per heavy atom. The van der Waals surface area contributed by atoms with Crippen molar-refractivity contribution in [2.24, 2.45) is 0 Å². The molecule has 1 heterocycles. The topological polar surface area (TPSA) is 110 Å². The Morgan fingerprint density at radius 2 is 1.89 bits per heavy atom. The standard InChI is InChI=1S/C28H29ClN2O6S/c1-16-9-22-23(15-30-24(22)14-25(16)36-3)28(33)27(21-6-5-17(29)10-26(21)37-8-7-32)31-18-11-19(35-2)13-20(12-18)38(4)34/h5-6,9-15,27,30-32H,7-8H2,1-4H3. The van der Waals surface area contributed by atoms with E-state index in [1.807, 2.05) is 19.1 Å². The first-order valence-corrected chi connectivity index (χ1v) is 13.7. The van der Waals surface area contributed by atoms with E-state index >= 15 is 0 Å². The number of hydrogen-bond donors (Lipinski definition) is 3. The van der Waals surface area contributed by atoms with Crippen molar-refractivity contribution < 1.29 is 28.3 Å². The first-order chi connectivity index (χ1) is 18.2. The van der Waals surface area contributed by atoms with Crippen LogP contribution >= 0.6 is 11.6 Å². The normalized spacial score (nSPS) is 12.7. The minimum absolute atomic E-state index is 0.0262. The number of ketones is 1. The van der Waals surface area contributed by atoms with Crippen LogP contribution in [0.5, 0.6) is 17.2 Å². The van der Waals surface area contributed by atoms with E-state index in [0.29, 0.717) is 44.0 Å². The van der Waals surface area contributed by atoms with Crippen molar-refractivity contribution >= 4 is 44.8 Å². The number of aryl methyl sites for hydroxylation is 1. The number of hydrogen-bond acceptors (Lipinski definition) is 7. The van der Waals surface area contributed by atoms with Crippen molar-refractivity contribution in [2.75, 3.05) is 39.0 Å². The molecular formula is C28H29ClN2O6S. The molecule has 2 atom stereocenters. The predicted octanol–water partition coefficient (Wildman–Crippen LogP) is 5.29. The minimum atomic E-state index is -1.28. The summed E-state index contributed by atoms with van der Waals surface area (Å²) >= 11 is 6.24. The largest absolute Gasteiger partial charge is 0.497 e. The number of fused-ring (bicyclic) bond motifs is 1. The number of aromatic amines is 1. The predicted molar refractivity (Wildman–Crippen MR) is 150 cm³/mol. The van der Waals surface area contributed by atoms with Crippen LogP contribution in [0.15, 0.2) is 59.6 Å². The molecular weight excluding hydrogens is 528 g/mol. The fourth-order valence-electron chi connectivity index (χ4n) is 4.25. The fourth-order valence-corrected chi connectivity index (χ4v) is 4.99. The van der Waals surface area contributed by atoms with Gasteiger partial charge in [0.25, 0.3) is 0 Å². The molecule has 0 saturated carbocycles. The summed E-state index contributed by atoms with van der Waals surface area (Å²) in [5, 5.41) is 13.8. The first-order valence-electron chi connectivity index (χ1n) is 11.8. The van der Waals surface area contributed by atoms with Crippen molar-refractivity contribution in [3.63, 3.8) is 0 Å². The maximum atomic E-state index is 14.2. The van der Waals surface area contributed by atoms with Gasteiger partial charge in [0, 0.05) is 73.0 Å². The number of halogens is 1. The maximum absolute atomic E-state index is 14.2. The zero-order valence-electron chi connectivity index (χ0n) is 21.5. The molecule has 200 valence electrons. The summed E-state index contributed by atoms with van der Waals surface area (Å²) in [4.78, 5) is 17.9. The summed E-state index contributed by atoms with van der Waals surface area (Å²) < 4.78 is 28.9. The van der Waals surface area contributed by atoms with Crippen molar-refractivity contribution in [1.29, 1.82) is 0 Å². The average Bonchev–Trinajstić information content (AvgIpc) is 3.32. The number of Topliss-reactive ketones (excluding diaryl/α,β-unsaturated/α-hetero) is 1. The second-order valence-electron chi connectivity index (χ2n) is 8.62. The van der Waals surface area contributed by atoms with Gasteiger partial charge in [-0.25, -0.2) is 0 Å². The lowest BCUT2D eigenvalue weighted by molar-refractivity contribution is 0.0969. The third-order valence-electron chi connectivity index (χ3n) is 6.12. The molecule has 2 unspecified atom stereocenters. The Morgan fingerprint density at radius 3 is 2.58 bits per heavy atom. The van der Waals surface area contributed by atoms with E-state index in [4.69, 9.17) is 25.8 Å². The van der Waals surface area contributed by atoms with Crippen molar-refractivity contribution in [2.45, 2.75) is 17.9 Å². The van der Waals surface area contributed by atoms with Crippen LogP contribution in [0.3, 0.4) is 0 Å². The van der Waals surface area contributed by atoms with E-state index in [-0.39, 0.29) is 19.0 Å². The van der Waals surface area contributed by atoms with Crippen LogP contribution in [0, 0.1) is 6.92 Å². The van der Waals surface area contributed by atoms with Gasteiger partial charge in [0.1, 0.15) is 29.9 Å². The van der Waals surface area contributed by atoms with Gasteiger partial charge in [-0.3, -0.25) is 9.00 Å². The van der Waals surface area contributed by atoms with Gasteiger partial charge in [-0.05, 0) is 42.8 Å². The highest BCUT2D eigenvalue weighted by molar-refractivity contribution is 7.84. The minimum Gasteiger partial charge on any atom is -0.497 e. The lowest BCUT2D eigenvalue weighted by atomic mass is 9.95. The van der Waals surface area contributed by atoms with E-state index in [2.05, 4.69) is 10.3 Å². The van der Waals surface area contributed by atoms with Crippen LogP contribution in [0.25, 0.3) is 10.9 Å². The molecule has 4 aromatic rings. The smallest absolute Gasteiger partial charge is 0.191 e. The summed E-state index contributed by atoms with van der Waals surface area (Å²) in [5.74, 6) is 1.33. The van der Waals surface area contributed by atoms with Gasteiger partial charge >= 0.3 is 0 Å². The van der Waals surface area contributed by atoms with Gasteiger partial charge in [0.2, 0.25) is 0 Å². The molecule has 3 aromatic carbocycles. The van der Waals surface area contributed by atoms with E-state index in [0.717, 1.165) is 16.5 Å². The number of methoxy groups -OCH3 is 2. The molecule has 3 N–H and O–H groups in total. The molecule has 0 aliphatic carbocycles. The molecule has 1 aromatic heterocycles. The molecule has 0 aliphatic rings. The lowest BCUT2D eigenvalue weighted by Gasteiger charge is -2.23. The van der Waals surface area contributed by atoms with Gasteiger partial charge in [-0.2, -0.15) is 0 Å². The summed E-state index contributed by atoms with van der Waals surface area (Å²) in [6.07, 6.45) is 3.24. The van der Waals surface area contributed by atoms with E-state index in [9.17, 15) is 14.1 Å². The Balaban J connectivity index is 1.87. The van der Waals surface area contributed by atoms with Crippen LogP contribution in [-0.2, 0) is 10.8 Å². The molecule has 0 aliphatic heterocycles. The monoisotopic (exact) mass is 556 g/mol. The Hall–Kier alpha value is -3.53. The van der Waals surface area contributed by atoms with E-state index in [1.54, 1.807) is 56.0 Å². The van der Waals surface area contributed by atoms with Crippen LogP contribution in [-0.4, -0.2) is 53.8 Å². The molecule has 38 heavy (non-hydrogen) atoms. The van der Waals surface area contributed by atoms with Crippen LogP contribution < -0.4 is 19.5 Å². The fraction of sp³-hybridized carbons (Fsp3) is 0.250. The summed E-state index contributed by atoms with van der Waals surface area (Å²) in [6, 6.07) is 13.0. The highest BCUT2D eigenvalue weighted by atomic mass is 35.5. The lowest BCUT2D eigenvalue weighted by Crippen LogP contribution is -2.22. The van der Waals surface area contributed by atoms with Gasteiger partial charge in [-0.1, -0.05) is 17.7 Å². The Labute approximate surface area is 228 Å². The third-order valence-corrected chi connectivity index (χ3v) is 7.25. The number of aromatic nitrogens is 1. The number of ether oxygens (including phenoxy) is 3. The second-order valence-corrected chi connectivity index (χ2v) is 10.4. The van der Waals surface area contributed by atoms with Crippen LogP contribution in [0.2, 0.25) is 5.02 Å². The first kappa shape index (κ1) is 27.5. The number of rotatable bonds is 11. The van der Waals surface area contributed by atoms with E-state index < -0.39 is 16.8 Å². The van der Waals surface area contributed by atoms with Crippen LogP contribution in [0.4, 0.5) is 5.69 Å². The highest BCUT2D eigenvalue weighted by Gasteiger charge is 2.28. The van der Waals surface area contributed by atoms with Crippen LogP contribution in [0.1, 0.15) is 27.5 Å². The Kier molecular flexibility index (Phi) is 8.61. The molecule has 0 radical (unpaired) electrons. The van der Waals surface area contributed by atoms with E-state index in [1.165, 1.54) is 7.11 Å². The number of carbonyl (C=O) groups is 1. The number of carbonyl (C=O) groups excluding carboxylic acids is 1. The zero-order chi connectivity index (χ0) is 27.4. The van der Waals surface area contributed by atoms with Gasteiger partial charge in [-0.15, -0.1) is 0 Å². The summed E-state index contributed by atoms with van der Waals surface area (Å²) in [5.41, 5.74) is 3.17. The number of benzene rings is 3. The number of nitrogens with one attached hydrogen (secondary N) is 2.